The van der Waals surface area contributed by atoms with E-state index in [-0.39, 0.29) is 29.9 Å². The lowest BCUT2D eigenvalue weighted by molar-refractivity contribution is -0.384. The van der Waals surface area contributed by atoms with E-state index in [0.29, 0.717) is 9.26 Å². The third-order valence-electron chi connectivity index (χ3n) is 3.26. The fourth-order valence-corrected chi connectivity index (χ4v) is 2.63. The molecular formula is C16H12FIN4O3. The average Bonchev–Trinajstić information content (AvgIpc) is 2.58. The second kappa shape index (κ2) is 8.39. The zero-order chi connectivity index (χ0) is 18.4. The Morgan fingerprint density at radius 2 is 2.08 bits per heavy atom. The summed E-state index contributed by atoms with van der Waals surface area (Å²) in [6.45, 7) is 0.453. The van der Waals surface area contributed by atoms with Gasteiger partial charge in [-0.1, -0.05) is 6.07 Å². The molecule has 0 aliphatic heterocycles. The van der Waals surface area contributed by atoms with E-state index in [9.17, 15) is 19.3 Å². The molecule has 2 N–H and O–H groups in total. The Morgan fingerprint density at radius 1 is 1.32 bits per heavy atom. The molecule has 0 bridgehead atoms. The average molecular weight is 454 g/mol. The summed E-state index contributed by atoms with van der Waals surface area (Å²) in [7, 11) is 0. The fraction of sp³-hybridized carbons (Fsp3) is 0.125. The third-order valence-corrected chi connectivity index (χ3v) is 4.20. The highest BCUT2D eigenvalue weighted by molar-refractivity contribution is 14.1. The highest BCUT2D eigenvalue weighted by atomic mass is 127. The van der Waals surface area contributed by atoms with Gasteiger partial charge in [-0.05, 0) is 40.8 Å². The summed E-state index contributed by atoms with van der Waals surface area (Å²) in [6, 6.07) is 10.0. The number of carbonyl (C=O) groups excluding carboxylic acids is 1. The molecule has 0 atom stereocenters. The minimum Gasteiger partial charge on any atom is -0.382 e. The first-order valence-corrected chi connectivity index (χ1v) is 8.16. The lowest BCUT2D eigenvalue weighted by Gasteiger charge is -2.10. The number of hydrogen-bond donors (Lipinski definition) is 2. The van der Waals surface area contributed by atoms with E-state index in [1.165, 1.54) is 30.3 Å². The molecule has 128 valence electrons. The van der Waals surface area contributed by atoms with Crippen molar-refractivity contribution in [1.82, 2.24) is 5.32 Å². The molecule has 0 saturated heterocycles. The number of hydrogen-bond acceptors (Lipinski definition) is 5. The minimum atomic E-state index is -0.623. The SMILES string of the molecule is N#Cc1c(F)cccc1NCCNC(=O)c1cc([N+](=O)[O-])ccc1I. The monoisotopic (exact) mass is 454 g/mol. The van der Waals surface area contributed by atoms with Crippen molar-refractivity contribution in [2.45, 2.75) is 0 Å². The molecule has 0 heterocycles. The van der Waals surface area contributed by atoms with Gasteiger partial charge in [-0.2, -0.15) is 5.26 Å². The first-order valence-electron chi connectivity index (χ1n) is 7.08. The Hall–Kier alpha value is -2.74. The van der Waals surface area contributed by atoms with Gasteiger partial charge in [0.2, 0.25) is 0 Å². The van der Waals surface area contributed by atoms with Gasteiger partial charge in [0.1, 0.15) is 17.4 Å². The molecule has 0 spiro atoms. The molecule has 0 unspecified atom stereocenters. The van der Waals surface area contributed by atoms with Crippen molar-refractivity contribution in [3.8, 4) is 6.07 Å². The van der Waals surface area contributed by atoms with Crippen molar-refractivity contribution in [3.63, 3.8) is 0 Å². The van der Waals surface area contributed by atoms with Gasteiger partial charge < -0.3 is 10.6 Å². The van der Waals surface area contributed by atoms with E-state index in [0.717, 1.165) is 0 Å². The largest absolute Gasteiger partial charge is 0.382 e. The zero-order valence-electron chi connectivity index (χ0n) is 12.8. The van der Waals surface area contributed by atoms with Gasteiger partial charge >= 0.3 is 0 Å². The predicted octanol–water partition coefficient (Wildman–Crippen LogP) is 3.05. The number of anilines is 1. The van der Waals surface area contributed by atoms with Gasteiger partial charge in [-0.25, -0.2) is 4.39 Å². The van der Waals surface area contributed by atoms with Crippen LogP contribution in [0.1, 0.15) is 15.9 Å². The molecule has 0 saturated carbocycles. The number of nitrogens with zero attached hydrogens (tertiary/aromatic N) is 2. The Balaban J connectivity index is 1.96. The van der Waals surface area contributed by atoms with Crippen LogP contribution in [0, 0.1) is 30.8 Å². The van der Waals surface area contributed by atoms with E-state index in [4.69, 9.17) is 5.26 Å². The van der Waals surface area contributed by atoms with Gasteiger partial charge in [-0.3, -0.25) is 14.9 Å². The van der Waals surface area contributed by atoms with Crippen LogP contribution in [-0.2, 0) is 0 Å². The van der Waals surface area contributed by atoms with Crippen molar-refractivity contribution >= 4 is 39.9 Å². The number of rotatable bonds is 6. The molecule has 2 aromatic carbocycles. The molecule has 1 amide bonds. The van der Waals surface area contributed by atoms with Gasteiger partial charge in [0, 0.05) is 28.8 Å². The number of nitro benzene ring substituents is 1. The zero-order valence-corrected chi connectivity index (χ0v) is 14.9. The van der Waals surface area contributed by atoms with Crippen LogP contribution in [0.15, 0.2) is 36.4 Å². The highest BCUT2D eigenvalue weighted by Gasteiger charge is 2.15. The van der Waals surface area contributed by atoms with Gasteiger partial charge in [0.05, 0.1) is 16.2 Å². The molecule has 9 heteroatoms. The number of benzene rings is 2. The van der Waals surface area contributed by atoms with E-state index >= 15 is 0 Å². The molecule has 2 rings (SSSR count). The molecule has 0 fully saturated rings. The quantitative estimate of drug-likeness (QED) is 0.302. The molecule has 0 aliphatic rings. The lowest BCUT2D eigenvalue weighted by atomic mass is 10.2. The molecule has 0 radical (unpaired) electrons. The summed E-state index contributed by atoms with van der Waals surface area (Å²) < 4.78 is 14.1. The van der Waals surface area contributed by atoms with E-state index in [1.807, 2.05) is 22.6 Å². The van der Waals surface area contributed by atoms with Crippen LogP contribution in [0.5, 0.6) is 0 Å². The van der Waals surface area contributed by atoms with E-state index in [1.54, 1.807) is 12.1 Å². The van der Waals surface area contributed by atoms with Crippen molar-refractivity contribution in [3.05, 3.63) is 67.0 Å². The van der Waals surface area contributed by atoms with Crippen LogP contribution in [0.3, 0.4) is 0 Å². The normalized spacial score (nSPS) is 9.96. The standard InChI is InChI=1S/C16H12FIN4O3/c17-13-2-1-3-15(12(13)9-19)20-6-7-21-16(23)11-8-10(22(24)25)4-5-14(11)18/h1-5,8,20H,6-7H2,(H,21,23). The van der Waals surface area contributed by atoms with Crippen LogP contribution in [0.25, 0.3) is 0 Å². The second-order valence-corrected chi connectivity index (χ2v) is 6.04. The smallest absolute Gasteiger partial charge is 0.270 e. The fourth-order valence-electron chi connectivity index (χ4n) is 2.05. The van der Waals surface area contributed by atoms with Gasteiger partial charge in [0.25, 0.3) is 11.6 Å². The number of nitriles is 1. The van der Waals surface area contributed by atoms with Crippen LogP contribution in [-0.4, -0.2) is 23.9 Å². The maximum absolute atomic E-state index is 13.5. The first-order chi connectivity index (χ1) is 11.9. The number of carbonyl (C=O) groups is 1. The first kappa shape index (κ1) is 18.6. The van der Waals surface area contributed by atoms with Gasteiger partial charge in [0.15, 0.2) is 0 Å². The third kappa shape index (κ3) is 4.63. The molecule has 25 heavy (non-hydrogen) atoms. The predicted molar refractivity (Wildman–Crippen MR) is 97.8 cm³/mol. The molecule has 0 aliphatic carbocycles. The van der Waals surface area contributed by atoms with E-state index in [2.05, 4.69) is 10.6 Å². The minimum absolute atomic E-state index is 0.0953. The number of halogens is 2. The topological polar surface area (TPSA) is 108 Å². The molecule has 7 nitrogen and oxygen atoms in total. The maximum Gasteiger partial charge on any atom is 0.270 e. The van der Waals surface area contributed by atoms with Crippen LogP contribution < -0.4 is 10.6 Å². The summed E-state index contributed by atoms with van der Waals surface area (Å²) in [5.41, 5.74) is 0.282. The molecular weight excluding hydrogens is 442 g/mol. The number of nitrogens with one attached hydrogen (secondary N) is 2. The Kier molecular flexibility index (Phi) is 6.24. The van der Waals surface area contributed by atoms with Crippen molar-refractivity contribution in [1.29, 1.82) is 5.26 Å². The van der Waals surface area contributed by atoms with Crippen LogP contribution >= 0.6 is 22.6 Å². The van der Waals surface area contributed by atoms with Gasteiger partial charge in [-0.15, -0.1) is 0 Å². The number of amides is 1. The maximum atomic E-state index is 13.5. The number of nitro groups is 1. The van der Waals surface area contributed by atoms with Crippen LogP contribution in [0.2, 0.25) is 0 Å². The summed E-state index contributed by atoms with van der Waals surface area (Å²) >= 11 is 1.92. The molecule has 0 aromatic heterocycles. The Morgan fingerprint density at radius 3 is 2.76 bits per heavy atom. The van der Waals surface area contributed by atoms with E-state index < -0.39 is 16.6 Å². The summed E-state index contributed by atoms with van der Waals surface area (Å²) in [4.78, 5) is 22.4. The second-order valence-electron chi connectivity index (χ2n) is 4.88. The summed E-state index contributed by atoms with van der Waals surface area (Å²) in [6.07, 6.45) is 0. The summed E-state index contributed by atoms with van der Waals surface area (Å²) in [5.74, 6) is -1.07. The van der Waals surface area contributed by atoms with Crippen molar-refractivity contribution in [2.75, 3.05) is 18.4 Å². The highest BCUT2D eigenvalue weighted by Crippen LogP contribution is 2.20. The van der Waals surface area contributed by atoms with Crippen molar-refractivity contribution in [2.24, 2.45) is 0 Å². The Bertz CT molecular complexity index is 867. The number of non-ortho nitro benzene ring substituents is 1. The lowest BCUT2D eigenvalue weighted by Crippen LogP contribution is -2.29. The molecule has 2 aromatic rings. The van der Waals surface area contributed by atoms with Crippen LogP contribution in [0.4, 0.5) is 15.8 Å². The van der Waals surface area contributed by atoms with Crippen molar-refractivity contribution < 1.29 is 14.1 Å². The summed E-state index contributed by atoms with van der Waals surface area (Å²) in [5, 5.41) is 25.2. The Labute approximate surface area is 156 Å².